The molecule has 0 bridgehead atoms. The zero-order chi connectivity index (χ0) is 29.1. The average Bonchev–Trinajstić information content (AvgIpc) is 2.75. The highest BCUT2D eigenvalue weighted by atomic mass is 16.5. The molecular weight excluding hydrogens is 492 g/mol. The van der Waals surface area contributed by atoms with Gasteiger partial charge in [0.1, 0.15) is 5.54 Å². The van der Waals surface area contributed by atoms with Crippen LogP contribution in [0.5, 0.6) is 0 Å². The van der Waals surface area contributed by atoms with Crippen LogP contribution in [0.15, 0.2) is 0 Å². The van der Waals surface area contributed by atoms with Gasteiger partial charge in [0.05, 0.1) is 39.6 Å². The number of hydrogen-bond donors (Lipinski definition) is 4. The first-order chi connectivity index (χ1) is 17.7. The largest absolute Gasteiger partial charge is 0.378 e. The fraction of sp³-hybridized carbons (Fsp3) is 0.852. The van der Waals surface area contributed by atoms with Crippen LogP contribution >= 0.6 is 0 Å². The smallest absolute Gasteiger partial charge is 0.222 e. The number of rotatable bonds is 21. The summed E-state index contributed by atoms with van der Waals surface area (Å²) in [6, 6.07) is 0.0820. The molecule has 222 valence electrons. The molecule has 4 amide bonds. The number of nitrogens with one attached hydrogen (secondary N) is 4. The van der Waals surface area contributed by atoms with Crippen LogP contribution in [0.1, 0.15) is 81.1 Å². The van der Waals surface area contributed by atoms with Crippen LogP contribution in [0.3, 0.4) is 0 Å². The summed E-state index contributed by atoms with van der Waals surface area (Å²) in [5, 5.41) is 11.4. The van der Waals surface area contributed by atoms with Crippen molar-refractivity contribution in [3.05, 3.63) is 0 Å². The minimum absolute atomic E-state index is 0.0273. The van der Waals surface area contributed by atoms with Crippen LogP contribution < -0.4 is 21.3 Å². The second kappa shape index (κ2) is 19.8. The van der Waals surface area contributed by atoms with Gasteiger partial charge in [-0.05, 0) is 47.5 Å². The van der Waals surface area contributed by atoms with E-state index in [4.69, 9.17) is 14.2 Å². The van der Waals surface area contributed by atoms with E-state index in [1.165, 1.54) is 0 Å². The van der Waals surface area contributed by atoms with Crippen molar-refractivity contribution in [2.24, 2.45) is 5.92 Å². The maximum atomic E-state index is 12.8. The van der Waals surface area contributed by atoms with Crippen molar-refractivity contribution < 1.29 is 33.4 Å². The quantitative estimate of drug-likeness (QED) is 0.161. The van der Waals surface area contributed by atoms with Gasteiger partial charge in [-0.1, -0.05) is 13.8 Å². The Hall–Kier alpha value is -2.24. The van der Waals surface area contributed by atoms with Crippen molar-refractivity contribution >= 4 is 23.6 Å². The van der Waals surface area contributed by atoms with Gasteiger partial charge in [-0.15, -0.1) is 0 Å². The van der Waals surface area contributed by atoms with Crippen LogP contribution in [0, 0.1) is 5.92 Å². The number of hydrogen-bond acceptors (Lipinski definition) is 7. The molecule has 0 spiro atoms. The van der Waals surface area contributed by atoms with E-state index in [1.807, 2.05) is 55.4 Å². The van der Waals surface area contributed by atoms with E-state index < -0.39 is 5.54 Å². The van der Waals surface area contributed by atoms with Gasteiger partial charge in [-0.2, -0.15) is 0 Å². The highest BCUT2D eigenvalue weighted by Crippen LogP contribution is 2.12. The normalized spacial score (nSPS) is 11.8. The van der Waals surface area contributed by atoms with Gasteiger partial charge in [0.2, 0.25) is 23.6 Å². The summed E-state index contributed by atoms with van der Waals surface area (Å²) >= 11 is 0. The third-order valence-electron chi connectivity index (χ3n) is 4.90. The minimum atomic E-state index is -1.07. The molecule has 0 aromatic carbocycles. The highest BCUT2D eigenvalue weighted by molar-refractivity contribution is 5.77. The summed E-state index contributed by atoms with van der Waals surface area (Å²) in [6.45, 7) is 15.7. The molecule has 4 N–H and O–H groups in total. The maximum absolute atomic E-state index is 12.8. The SMILES string of the molecule is CC(C)CC(=O)NC(COCCC(=O)NC(C)C)(COCCC(=O)NC(C)C)COCCC(=O)NC(C)C. The van der Waals surface area contributed by atoms with Gasteiger partial charge in [0.25, 0.3) is 0 Å². The molecule has 0 aromatic heterocycles. The van der Waals surface area contributed by atoms with Crippen LogP contribution in [0.2, 0.25) is 0 Å². The first-order valence-corrected chi connectivity index (χ1v) is 13.7. The fourth-order valence-corrected chi connectivity index (χ4v) is 3.43. The first kappa shape index (κ1) is 35.8. The Kier molecular flexibility index (Phi) is 18.6. The Balaban J connectivity index is 5.35. The first-order valence-electron chi connectivity index (χ1n) is 13.7. The Morgan fingerprint density at radius 3 is 1.13 bits per heavy atom. The van der Waals surface area contributed by atoms with E-state index in [0.717, 1.165) is 0 Å². The van der Waals surface area contributed by atoms with E-state index >= 15 is 0 Å². The molecule has 0 aliphatic heterocycles. The Labute approximate surface area is 228 Å². The second-order valence-electron chi connectivity index (χ2n) is 11.0. The van der Waals surface area contributed by atoms with E-state index in [0.29, 0.717) is 6.42 Å². The van der Waals surface area contributed by atoms with Gasteiger partial charge in [-0.25, -0.2) is 0 Å². The molecule has 0 rings (SSSR count). The average molecular weight is 545 g/mol. The predicted octanol–water partition coefficient (Wildman–Crippen LogP) is 1.68. The molecule has 0 heterocycles. The van der Waals surface area contributed by atoms with Crippen molar-refractivity contribution in [3.63, 3.8) is 0 Å². The molecule has 0 aliphatic rings. The Bertz CT molecular complexity index is 637. The van der Waals surface area contributed by atoms with E-state index in [2.05, 4.69) is 21.3 Å². The topological polar surface area (TPSA) is 144 Å². The number of carbonyl (C=O) groups is 4. The molecule has 0 atom stereocenters. The van der Waals surface area contributed by atoms with Gasteiger partial charge in [-0.3, -0.25) is 19.2 Å². The lowest BCUT2D eigenvalue weighted by atomic mass is 10.0. The summed E-state index contributed by atoms with van der Waals surface area (Å²) in [5.41, 5.74) is -1.07. The van der Waals surface area contributed by atoms with E-state index in [1.54, 1.807) is 0 Å². The minimum Gasteiger partial charge on any atom is -0.378 e. The molecule has 0 unspecified atom stereocenters. The molecule has 0 radical (unpaired) electrons. The molecule has 0 aromatic rings. The molecule has 11 heteroatoms. The summed E-state index contributed by atoms with van der Waals surface area (Å²) in [5.74, 6) is -0.448. The van der Waals surface area contributed by atoms with Crippen molar-refractivity contribution in [1.82, 2.24) is 21.3 Å². The molecule has 11 nitrogen and oxygen atoms in total. The number of amides is 4. The highest BCUT2D eigenvalue weighted by Gasteiger charge is 2.34. The Morgan fingerprint density at radius 2 is 0.868 bits per heavy atom. The molecule has 38 heavy (non-hydrogen) atoms. The van der Waals surface area contributed by atoms with Crippen molar-refractivity contribution in [2.45, 2.75) is 105 Å². The van der Waals surface area contributed by atoms with Gasteiger partial charge in [0.15, 0.2) is 0 Å². The molecular formula is C27H52N4O7. The van der Waals surface area contributed by atoms with Gasteiger partial charge < -0.3 is 35.5 Å². The predicted molar refractivity (Wildman–Crippen MR) is 146 cm³/mol. The Morgan fingerprint density at radius 1 is 0.553 bits per heavy atom. The fourth-order valence-electron chi connectivity index (χ4n) is 3.43. The van der Waals surface area contributed by atoms with Crippen LogP contribution in [0.4, 0.5) is 0 Å². The van der Waals surface area contributed by atoms with Crippen LogP contribution in [0.25, 0.3) is 0 Å². The van der Waals surface area contributed by atoms with Crippen molar-refractivity contribution in [1.29, 1.82) is 0 Å². The van der Waals surface area contributed by atoms with Gasteiger partial charge >= 0.3 is 0 Å². The van der Waals surface area contributed by atoms with Crippen molar-refractivity contribution in [3.8, 4) is 0 Å². The molecule has 0 saturated heterocycles. The second-order valence-corrected chi connectivity index (χ2v) is 11.0. The monoisotopic (exact) mass is 544 g/mol. The molecule has 0 aliphatic carbocycles. The lowest BCUT2D eigenvalue weighted by molar-refractivity contribution is -0.131. The van der Waals surface area contributed by atoms with Gasteiger partial charge in [0, 0.05) is 43.8 Å². The zero-order valence-electron chi connectivity index (χ0n) is 24.7. The summed E-state index contributed by atoms with van der Waals surface area (Å²) < 4.78 is 17.5. The maximum Gasteiger partial charge on any atom is 0.222 e. The summed E-state index contributed by atoms with van der Waals surface area (Å²) in [7, 11) is 0. The van der Waals surface area contributed by atoms with Crippen LogP contribution in [-0.4, -0.2) is 86.9 Å². The molecule has 0 fully saturated rings. The number of ether oxygens (including phenoxy) is 3. The third kappa shape index (κ3) is 19.8. The summed E-state index contributed by atoms with van der Waals surface area (Å²) in [6.07, 6.45) is 0.800. The third-order valence-corrected chi connectivity index (χ3v) is 4.90. The standard InChI is InChI=1S/C27H52N4O7/c1-19(2)15-26(35)31-27(16-36-12-9-23(32)28-20(3)4,17-37-13-10-24(33)29-21(5)6)18-38-14-11-25(34)30-22(7)8/h19-22H,9-18H2,1-8H3,(H,28,32)(H,29,33)(H,30,34)(H,31,35). The summed E-state index contributed by atoms with van der Waals surface area (Å²) in [4.78, 5) is 48.8. The van der Waals surface area contributed by atoms with E-state index in [9.17, 15) is 19.2 Å². The zero-order valence-corrected chi connectivity index (χ0v) is 24.7. The molecule has 0 saturated carbocycles. The lowest BCUT2D eigenvalue weighted by Crippen LogP contribution is -2.59. The number of carbonyl (C=O) groups excluding carboxylic acids is 4. The van der Waals surface area contributed by atoms with Crippen LogP contribution in [-0.2, 0) is 33.4 Å². The lowest BCUT2D eigenvalue weighted by Gasteiger charge is -2.34. The van der Waals surface area contributed by atoms with E-state index in [-0.39, 0.29) is 107 Å². The van der Waals surface area contributed by atoms with Crippen molar-refractivity contribution in [2.75, 3.05) is 39.6 Å².